The van der Waals surface area contributed by atoms with Gasteiger partial charge in [-0.25, -0.2) is 0 Å². The molecule has 184 valence electrons. The third-order valence-corrected chi connectivity index (χ3v) is 6.40. The zero-order chi connectivity index (χ0) is 25.2. The highest BCUT2D eigenvalue weighted by Gasteiger charge is 2.25. The second kappa shape index (κ2) is 9.69. The van der Waals surface area contributed by atoms with Crippen molar-refractivity contribution in [3.05, 3.63) is 82.2 Å². The van der Waals surface area contributed by atoms with E-state index in [1.165, 1.54) is 6.92 Å². The predicted molar refractivity (Wildman–Crippen MR) is 132 cm³/mol. The molecule has 0 bridgehead atoms. The zero-order valence-electron chi connectivity index (χ0n) is 20.1. The minimum absolute atomic E-state index is 0.0757. The first-order valence-electron chi connectivity index (χ1n) is 11.7. The fraction of sp³-hybridized carbons (Fsp3) is 0.259. The number of amides is 3. The van der Waals surface area contributed by atoms with Gasteiger partial charge in [-0.2, -0.15) is 0 Å². The van der Waals surface area contributed by atoms with Gasteiger partial charge in [-0.3, -0.25) is 19.4 Å². The molecule has 0 aliphatic carbocycles. The fourth-order valence-electron chi connectivity index (χ4n) is 4.52. The van der Waals surface area contributed by atoms with Gasteiger partial charge >= 0.3 is 0 Å². The lowest BCUT2D eigenvalue weighted by molar-refractivity contribution is -0.114. The second-order valence-electron chi connectivity index (χ2n) is 8.81. The number of pyridine rings is 1. The first kappa shape index (κ1) is 23.3. The number of carbonyl (C=O) groups is 3. The van der Waals surface area contributed by atoms with E-state index in [0.717, 1.165) is 22.4 Å². The summed E-state index contributed by atoms with van der Waals surface area (Å²) in [5, 5.41) is 5.69. The van der Waals surface area contributed by atoms with Crippen molar-refractivity contribution in [2.24, 2.45) is 0 Å². The van der Waals surface area contributed by atoms with E-state index in [4.69, 9.17) is 9.47 Å². The minimum atomic E-state index is -0.208. The minimum Gasteiger partial charge on any atom is -0.454 e. The van der Waals surface area contributed by atoms with Gasteiger partial charge in [0.15, 0.2) is 11.5 Å². The van der Waals surface area contributed by atoms with Crippen molar-refractivity contribution < 1.29 is 23.9 Å². The quantitative estimate of drug-likeness (QED) is 0.573. The number of rotatable bonds is 5. The standard InChI is InChI=1S/C27H26N4O5/c1-16-23(13-29-26(33)19-5-8-24-25(11-19)36-15-35-24)22-9-10-31(14-20(22)12-28-16)27(34)18-3-6-21(7-4-18)30-17(2)32/h3-8,11-12H,9-10,13-15H2,1-2H3,(H,29,33)(H,30,32). The van der Waals surface area contributed by atoms with Gasteiger partial charge in [0, 0.05) is 55.3 Å². The number of hydrogen-bond donors (Lipinski definition) is 2. The van der Waals surface area contributed by atoms with Crippen molar-refractivity contribution in [3.63, 3.8) is 0 Å². The molecular formula is C27H26N4O5. The molecule has 2 aromatic carbocycles. The van der Waals surface area contributed by atoms with Crippen LogP contribution in [-0.2, 0) is 24.3 Å². The Kier molecular flexibility index (Phi) is 6.28. The molecule has 3 heterocycles. The third kappa shape index (κ3) is 4.72. The van der Waals surface area contributed by atoms with Crippen molar-refractivity contribution in [1.29, 1.82) is 0 Å². The molecule has 0 saturated heterocycles. The molecule has 0 atom stereocenters. The van der Waals surface area contributed by atoms with Gasteiger partial charge in [0.2, 0.25) is 12.7 Å². The fourth-order valence-corrected chi connectivity index (χ4v) is 4.52. The summed E-state index contributed by atoms with van der Waals surface area (Å²) in [6, 6.07) is 12.0. The van der Waals surface area contributed by atoms with Crippen molar-refractivity contribution in [3.8, 4) is 11.5 Å². The van der Waals surface area contributed by atoms with E-state index < -0.39 is 0 Å². The predicted octanol–water partition coefficient (Wildman–Crippen LogP) is 3.21. The molecule has 0 fully saturated rings. The van der Waals surface area contributed by atoms with E-state index in [2.05, 4.69) is 15.6 Å². The van der Waals surface area contributed by atoms with Crippen LogP contribution in [0.25, 0.3) is 0 Å². The molecule has 9 heteroatoms. The number of benzene rings is 2. The van der Waals surface area contributed by atoms with Gasteiger partial charge in [0.05, 0.1) is 0 Å². The Morgan fingerprint density at radius 1 is 1.03 bits per heavy atom. The summed E-state index contributed by atoms with van der Waals surface area (Å²) in [6.45, 7) is 4.87. The number of ether oxygens (including phenoxy) is 2. The molecule has 0 unspecified atom stereocenters. The summed E-state index contributed by atoms with van der Waals surface area (Å²) in [6.07, 6.45) is 2.48. The van der Waals surface area contributed by atoms with Crippen LogP contribution in [0.15, 0.2) is 48.7 Å². The SMILES string of the molecule is CC(=O)Nc1ccc(C(=O)N2CCc3c(cnc(C)c3CNC(=O)c3ccc4c(c3)OCO4)C2)cc1. The number of fused-ring (bicyclic) bond motifs is 2. The lowest BCUT2D eigenvalue weighted by Crippen LogP contribution is -2.37. The van der Waals surface area contributed by atoms with Crippen LogP contribution in [-0.4, -0.2) is 40.9 Å². The van der Waals surface area contributed by atoms with Crippen LogP contribution in [0, 0.1) is 6.92 Å². The normalized spacial score (nSPS) is 13.7. The number of nitrogens with zero attached hydrogens (tertiary/aromatic N) is 2. The number of carbonyl (C=O) groups excluding carboxylic acids is 3. The highest BCUT2D eigenvalue weighted by Crippen LogP contribution is 2.32. The number of aryl methyl sites for hydroxylation is 1. The topological polar surface area (TPSA) is 110 Å². The van der Waals surface area contributed by atoms with Gasteiger partial charge in [-0.1, -0.05) is 0 Å². The second-order valence-corrected chi connectivity index (χ2v) is 8.81. The molecule has 0 saturated carbocycles. The van der Waals surface area contributed by atoms with Crippen LogP contribution >= 0.6 is 0 Å². The van der Waals surface area contributed by atoms with E-state index in [-0.39, 0.29) is 24.5 Å². The largest absolute Gasteiger partial charge is 0.454 e. The Bertz CT molecular complexity index is 1350. The van der Waals surface area contributed by atoms with Crippen LogP contribution in [0.3, 0.4) is 0 Å². The maximum Gasteiger partial charge on any atom is 0.254 e. The Morgan fingerprint density at radius 2 is 1.78 bits per heavy atom. The number of anilines is 1. The molecule has 36 heavy (non-hydrogen) atoms. The number of aromatic nitrogens is 1. The molecule has 9 nitrogen and oxygen atoms in total. The van der Waals surface area contributed by atoms with Gasteiger partial charge in [-0.05, 0) is 72.5 Å². The van der Waals surface area contributed by atoms with Crippen LogP contribution in [0.1, 0.15) is 50.0 Å². The van der Waals surface area contributed by atoms with E-state index >= 15 is 0 Å². The molecular weight excluding hydrogens is 460 g/mol. The Morgan fingerprint density at radius 3 is 2.56 bits per heavy atom. The summed E-state index contributed by atoms with van der Waals surface area (Å²) < 4.78 is 10.7. The van der Waals surface area contributed by atoms with Crippen molar-refractivity contribution in [2.75, 3.05) is 18.7 Å². The zero-order valence-corrected chi connectivity index (χ0v) is 20.1. The van der Waals surface area contributed by atoms with E-state index in [9.17, 15) is 14.4 Å². The summed E-state index contributed by atoms with van der Waals surface area (Å²) in [4.78, 5) is 43.4. The highest BCUT2D eigenvalue weighted by molar-refractivity contribution is 5.96. The van der Waals surface area contributed by atoms with Crippen molar-refractivity contribution in [1.82, 2.24) is 15.2 Å². The van der Waals surface area contributed by atoms with Gasteiger partial charge in [0.25, 0.3) is 11.8 Å². The maximum absolute atomic E-state index is 13.1. The van der Waals surface area contributed by atoms with Crippen molar-refractivity contribution in [2.45, 2.75) is 33.4 Å². The van der Waals surface area contributed by atoms with Crippen LogP contribution < -0.4 is 20.1 Å². The monoisotopic (exact) mass is 486 g/mol. The molecule has 2 N–H and O–H groups in total. The van der Waals surface area contributed by atoms with Crippen LogP contribution in [0.2, 0.25) is 0 Å². The molecule has 0 spiro atoms. The van der Waals surface area contributed by atoms with Crippen molar-refractivity contribution >= 4 is 23.4 Å². The van der Waals surface area contributed by atoms with Crippen LogP contribution in [0.4, 0.5) is 5.69 Å². The molecule has 5 rings (SSSR count). The third-order valence-electron chi connectivity index (χ3n) is 6.40. The van der Waals surface area contributed by atoms with Gasteiger partial charge < -0.3 is 25.0 Å². The Hall–Kier alpha value is -4.40. The van der Waals surface area contributed by atoms with E-state index in [1.54, 1.807) is 47.4 Å². The Labute approximate surface area is 208 Å². The average molecular weight is 487 g/mol. The molecule has 0 radical (unpaired) electrons. The lowest BCUT2D eigenvalue weighted by Gasteiger charge is -2.30. The summed E-state index contributed by atoms with van der Waals surface area (Å²) in [7, 11) is 0. The van der Waals surface area contributed by atoms with Gasteiger partial charge in [0.1, 0.15) is 0 Å². The molecule has 2 aliphatic heterocycles. The lowest BCUT2D eigenvalue weighted by atomic mass is 9.94. The highest BCUT2D eigenvalue weighted by atomic mass is 16.7. The van der Waals surface area contributed by atoms with E-state index in [1.807, 2.05) is 13.1 Å². The molecule has 3 amide bonds. The smallest absolute Gasteiger partial charge is 0.254 e. The van der Waals surface area contributed by atoms with Gasteiger partial charge in [-0.15, -0.1) is 0 Å². The molecule has 2 aliphatic rings. The molecule has 3 aromatic rings. The summed E-state index contributed by atoms with van der Waals surface area (Å²) in [5.74, 6) is 0.750. The first-order valence-corrected chi connectivity index (χ1v) is 11.7. The first-order chi connectivity index (χ1) is 17.4. The van der Waals surface area contributed by atoms with Crippen LogP contribution in [0.5, 0.6) is 11.5 Å². The number of hydrogen-bond acceptors (Lipinski definition) is 6. The summed E-state index contributed by atoms with van der Waals surface area (Å²) in [5.41, 5.74) is 5.64. The van der Waals surface area contributed by atoms with E-state index in [0.29, 0.717) is 54.4 Å². The number of nitrogens with one attached hydrogen (secondary N) is 2. The maximum atomic E-state index is 13.1. The summed E-state index contributed by atoms with van der Waals surface area (Å²) >= 11 is 0. The average Bonchev–Trinajstić information content (AvgIpc) is 3.35. The Balaban J connectivity index is 1.27. The molecule has 1 aromatic heterocycles.